The Labute approximate surface area is 121 Å². The van der Waals surface area contributed by atoms with Gasteiger partial charge in [-0.15, -0.1) is 0 Å². The van der Waals surface area contributed by atoms with Crippen molar-refractivity contribution >= 4 is 0 Å². The van der Waals surface area contributed by atoms with E-state index in [1.807, 2.05) is 6.07 Å². The minimum Gasteiger partial charge on any atom is -0.491 e. The lowest BCUT2D eigenvalue weighted by Gasteiger charge is -2.18. The Bertz CT molecular complexity index is 409. The molecule has 0 saturated carbocycles. The summed E-state index contributed by atoms with van der Waals surface area (Å²) in [7, 11) is 1.66. The van der Waals surface area contributed by atoms with Crippen LogP contribution in [0.1, 0.15) is 24.0 Å². The van der Waals surface area contributed by atoms with Gasteiger partial charge in [-0.2, -0.15) is 0 Å². The van der Waals surface area contributed by atoms with Gasteiger partial charge in [0.05, 0.1) is 6.61 Å². The maximum absolute atomic E-state index is 9.82. The minimum absolute atomic E-state index is 0.318. The van der Waals surface area contributed by atoms with Crippen LogP contribution < -0.4 is 10.1 Å². The fourth-order valence-corrected chi connectivity index (χ4v) is 2.49. The molecule has 0 saturated heterocycles. The van der Waals surface area contributed by atoms with Crippen molar-refractivity contribution in [2.24, 2.45) is 0 Å². The summed E-state index contributed by atoms with van der Waals surface area (Å²) in [5.74, 6) is 0.863. The van der Waals surface area contributed by atoms with Crippen LogP contribution in [0.2, 0.25) is 0 Å². The summed E-state index contributed by atoms with van der Waals surface area (Å²) < 4.78 is 10.6. The number of fused-ring (bicyclic) bond motifs is 1. The van der Waals surface area contributed by atoms with Gasteiger partial charge < -0.3 is 19.9 Å². The Balaban J connectivity index is 1.73. The topological polar surface area (TPSA) is 50.7 Å². The summed E-state index contributed by atoms with van der Waals surface area (Å²) in [6.45, 7) is 2.23. The normalized spacial score (nSPS) is 15.7. The molecule has 0 amide bonds. The van der Waals surface area contributed by atoms with Gasteiger partial charge in [0.15, 0.2) is 0 Å². The van der Waals surface area contributed by atoms with Crippen molar-refractivity contribution in [3.63, 3.8) is 0 Å². The second-order valence-electron chi connectivity index (χ2n) is 5.30. The number of hydrogen-bond donors (Lipinski definition) is 2. The lowest BCUT2D eigenvalue weighted by molar-refractivity contribution is 0.103. The first-order valence-corrected chi connectivity index (χ1v) is 7.42. The average Bonchev–Trinajstić information content (AvgIpc) is 2.49. The lowest BCUT2D eigenvalue weighted by Crippen LogP contribution is -2.33. The summed E-state index contributed by atoms with van der Waals surface area (Å²) in [4.78, 5) is 0. The highest BCUT2D eigenvalue weighted by Crippen LogP contribution is 2.25. The highest BCUT2D eigenvalue weighted by molar-refractivity contribution is 5.37. The van der Waals surface area contributed by atoms with Crippen LogP contribution in [0.15, 0.2) is 18.2 Å². The molecule has 4 nitrogen and oxygen atoms in total. The van der Waals surface area contributed by atoms with E-state index in [0.717, 1.165) is 18.7 Å². The number of ether oxygens (including phenoxy) is 2. The van der Waals surface area contributed by atoms with Crippen molar-refractivity contribution in [1.82, 2.24) is 5.32 Å². The third kappa shape index (κ3) is 4.78. The Hall–Kier alpha value is -1.10. The third-order valence-electron chi connectivity index (χ3n) is 3.63. The molecule has 0 aliphatic heterocycles. The molecule has 1 aromatic carbocycles. The second-order valence-corrected chi connectivity index (χ2v) is 5.30. The van der Waals surface area contributed by atoms with Crippen LogP contribution in [0, 0.1) is 0 Å². The van der Waals surface area contributed by atoms with Crippen LogP contribution in [0.3, 0.4) is 0 Å². The smallest absolute Gasteiger partial charge is 0.119 e. The van der Waals surface area contributed by atoms with E-state index in [9.17, 15) is 5.11 Å². The quantitative estimate of drug-likeness (QED) is 0.709. The maximum atomic E-state index is 9.82. The zero-order valence-corrected chi connectivity index (χ0v) is 12.2. The number of benzene rings is 1. The molecule has 2 rings (SSSR count). The van der Waals surface area contributed by atoms with Gasteiger partial charge in [0, 0.05) is 20.2 Å². The van der Waals surface area contributed by atoms with Crippen LogP contribution in [0.4, 0.5) is 0 Å². The first-order chi connectivity index (χ1) is 9.79. The number of rotatable bonds is 8. The molecule has 2 N–H and O–H groups in total. The molecule has 0 spiro atoms. The monoisotopic (exact) mass is 279 g/mol. The number of aliphatic hydroxyl groups excluding tert-OH is 1. The first-order valence-electron chi connectivity index (χ1n) is 7.42. The van der Waals surface area contributed by atoms with Crippen molar-refractivity contribution in [3.05, 3.63) is 29.3 Å². The molecule has 1 atom stereocenters. The summed E-state index contributed by atoms with van der Waals surface area (Å²) in [5.41, 5.74) is 2.85. The van der Waals surface area contributed by atoms with Crippen LogP contribution in [-0.2, 0) is 17.6 Å². The summed E-state index contributed by atoms with van der Waals surface area (Å²) >= 11 is 0. The van der Waals surface area contributed by atoms with Crippen molar-refractivity contribution in [2.75, 3.05) is 33.4 Å². The molecule has 0 heterocycles. The van der Waals surface area contributed by atoms with Crippen molar-refractivity contribution < 1.29 is 14.6 Å². The van der Waals surface area contributed by atoms with E-state index in [4.69, 9.17) is 9.47 Å². The highest BCUT2D eigenvalue weighted by atomic mass is 16.5. The van der Waals surface area contributed by atoms with E-state index < -0.39 is 6.10 Å². The molecule has 1 aliphatic carbocycles. The average molecular weight is 279 g/mol. The van der Waals surface area contributed by atoms with Gasteiger partial charge in [-0.25, -0.2) is 0 Å². The molecule has 112 valence electrons. The molecule has 1 unspecified atom stereocenters. The Morgan fingerprint density at radius 2 is 2.05 bits per heavy atom. The number of aliphatic hydroxyl groups is 1. The highest BCUT2D eigenvalue weighted by Gasteiger charge is 2.11. The molecule has 1 aliphatic rings. The molecular weight excluding hydrogens is 254 g/mol. The zero-order valence-electron chi connectivity index (χ0n) is 12.2. The van der Waals surface area contributed by atoms with E-state index in [1.165, 1.54) is 30.4 Å². The molecular formula is C16H25NO3. The van der Waals surface area contributed by atoms with Gasteiger partial charge in [0.25, 0.3) is 0 Å². The minimum atomic E-state index is -0.497. The van der Waals surface area contributed by atoms with Crippen molar-refractivity contribution in [3.8, 4) is 5.75 Å². The first kappa shape index (κ1) is 15.3. The molecule has 4 heteroatoms. The fourth-order valence-electron chi connectivity index (χ4n) is 2.49. The van der Waals surface area contributed by atoms with E-state index in [-0.39, 0.29) is 0 Å². The maximum Gasteiger partial charge on any atom is 0.119 e. The van der Waals surface area contributed by atoms with E-state index in [1.54, 1.807) is 7.11 Å². The van der Waals surface area contributed by atoms with Gasteiger partial charge in [0.2, 0.25) is 0 Å². The van der Waals surface area contributed by atoms with E-state index in [0.29, 0.717) is 19.8 Å². The third-order valence-corrected chi connectivity index (χ3v) is 3.63. The van der Waals surface area contributed by atoms with Gasteiger partial charge in [-0.05, 0) is 48.9 Å². The Kier molecular flexibility index (Phi) is 6.30. The predicted octanol–water partition coefficient (Wildman–Crippen LogP) is 1.54. The van der Waals surface area contributed by atoms with Gasteiger partial charge in [-0.1, -0.05) is 6.07 Å². The Morgan fingerprint density at radius 3 is 2.85 bits per heavy atom. The van der Waals surface area contributed by atoms with Crippen molar-refractivity contribution in [1.29, 1.82) is 0 Å². The van der Waals surface area contributed by atoms with Crippen LogP contribution in [-0.4, -0.2) is 44.6 Å². The number of methoxy groups -OCH3 is 1. The standard InChI is InChI=1S/C16H25NO3/c1-19-9-8-17-11-15(18)12-20-16-7-6-13-4-2-3-5-14(13)10-16/h6-7,10,15,17-18H,2-5,8-9,11-12H2,1H3. The Morgan fingerprint density at radius 1 is 1.25 bits per heavy atom. The number of aryl methyl sites for hydroxylation is 2. The largest absolute Gasteiger partial charge is 0.491 e. The summed E-state index contributed by atoms with van der Waals surface area (Å²) in [6, 6.07) is 6.29. The van der Waals surface area contributed by atoms with Crippen LogP contribution in [0.25, 0.3) is 0 Å². The molecule has 0 bridgehead atoms. The predicted molar refractivity (Wildman–Crippen MR) is 79.3 cm³/mol. The van der Waals surface area contributed by atoms with Gasteiger partial charge in [0.1, 0.15) is 18.5 Å². The molecule has 0 fully saturated rings. The van der Waals surface area contributed by atoms with Crippen LogP contribution >= 0.6 is 0 Å². The summed E-state index contributed by atoms with van der Waals surface area (Å²) in [5, 5.41) is 12.9. The van der Waals surface area contributed by atoms with E-state index in [2.05, 4.69) is 17.4 Å². The second kappa shape index (κ2) is 8.25. The fraction of sp³-hybridized carbons (Fsp3) is 0.625. The SMILES string of the molecule is COCCNCC(O)COc1ccc2c(c1)CCCC2. The van der Waals surface area contributed by atoms with Crippen molar-refractivity contribution in [2.45, 2.75) is 31.8 Å². The molecule has 0 radical (unpaired) electrons. The van der Waals surface area contributed by atoms with E-state index >= 15 is 0 Å². The summed E-state index contributed by atoms with van der Waals surface area (Å²) in [6.07, 6.45) is 4.39. The lowest BCUT2D eigenvalue weighted by atomic mass is 9.92. The molecule has 1 aromatic rings. The number of nitrogens with one attached hydrogen (secondary N) is 1. The zero-order chi connectivity index (χ0) is 14.2. The van der Waals surface area contributed by atoms with Crippen LogP contribution in [0.5, 0.6) is 5.75 Å². The van der Waals surface area contributed by atoms with Gasteiger partial charge in [-0.3, -0.25) is 0 Å². The number of hydrogen-bond acceptors (Lipinski definition) is 4. The molecule has 0 aromatic heterocycles. The molecule has 20 heavy (non-hydrogen) atoms. The van der Waals surface area contributed by atoms with Gasteiger partial charge >= 0.3 is 0 Å².